The highest BCUT2D eigenvalue weighted by atomic mass is 35.5. The van der Waals surface area contributed by atoms with E-state index < -0.39 is 45.4 Å². The minimum atomic E-state index is -4.37. The number of nitrogens with one attached hydrogen (secondary N) is 4. The second-order valence-corrected chi connectivity index (χ2v) is 10.1. The summed E-state index contributed by atoms with van der Waals surface area (Å²) in [5.41, 5.74) is 9.07. The fraction of sp³-hybridized carbons (Fsp3) is 0.421. The molecule has 0 saturated carbocycles. The Balaban J connectivity index is 1.49. The van der Waals surface area contributed by atoms with Gasteiger partial charge in [0.2, 0.25) is 15.9 Å². The Labute approximate surface area is 205 Å². The van der Waals surface area contributed by atoms with E-state index in [0.29, 0.717) is 18.8 Å². The fourth-order valence-corrected chi connectivity index (χ4v) is 5.72. The number of hydrogen-bond acceptors (Lipinski definition) is 8. The minimum absolute atomic E-state index is 0.164. The third-order valence-corrected chi connectivity index (χ3v) is 7.50. The molecule has 1 aromatic carbocycles. The van der Waals surface area contributed by atoms with Gasteiger partial charge in [0.25, 0.3) is 0 Å². The smallest absolute Gasteiger partial charge is 0.323 e. The third kappa shape index (κ3) is 6.81. The van der Waals surface area contributed by atoms with Gasteiger partial charge in [0.15, 0.2) is 5.95 Å². The number of nitrogens with zero attached hydrogens (tertiary/aromatic N) is 1. The maximum atomic E-state index is 12.6. The number of imidazole rings is 1. The van der Waals surface area contributed by atoms with Crippen LogP contribution in [0.2, 0.25) is 10.0 Å². The van der Waals surface area contributed by atoms with Crippen molar-refractivity contribution in [2.24, 2.45) is 0 Å². The number of aryl methyl sites for hydroxylation is 1. The number of carboxylic acids is 1. The summed E-state index contributed by atoms with van der Waals surface area (Å²) in [5, 5.41) is 11.5. The number of carbonyl (C=O) groups is 2. The number of aromatic amines is 1. The fourth-order valence-electron chi connectivity index (χ4n) is 3.39. The number of carbonyl (C=O) groups excluding carboxylic acids is 1. The molecule has 3 rings (SSSR count). The van der Waals surface area contributed by atoms with E-state index in [1.54, 1.807) is 6.20 Å². The molecule has 34 heavy (non-hydrogen) atoms. The molecule has 186 valence electrons. The van der Waals surface area contributed by atoms with Crippen molar-refractivity contribution < 1.29 is 28.0 Å². The van der Waals surface area contributed by atoms with E-state index in [-0.39, 0.29) is 16.1 Å². The lowest BCUT2D eigenvalue weighted by Crippen LogP contribution is -2.51. The number of nitrogen functional groups attached to an aromatic ring is 1. The third-order valence-electron chi connectivity index (χ3n) is 5.08. The van der Waals surface area contributed by atoms with E-state index in [0.717, 1.165) is 18.5 Å². The van der Waals surface area contributed by atoms with Crippen molar-refractivity contribution in [3.05, 3.63) is 40.1 Å². The summed E-state index contributed by atoms with van der Waals surface area (Å²) in [6, 6.07) is 1.71. The van der Waals surface area contributed by atoms with Crippen molar-refractivity contribution in [3.8, 4) is 0 Å². The zero-order valence-corrected chi connectivity index (χ0v) is 20.1. The largest absolute Gasteiger partial charge is 0.480 e. The number of rotatable bonds is 11. The molecule has 1 aliphatic heterocycles. The number of aliphatic carboxylic acids is 1. The normalized spacial score (nSPS) is 19.1. The van der Waals surface area contributed by atoms with Gasteiger partial charge in [-0.25, -0.2) is 13.4 Å². The van der Waals surface area contributed by atoms with Crippen LogP contribution in [0.5, 0.6) is 0 Å². The standard InChI is InChI=1S/C19H24Cl2N6O6S/c20-12-5-2-6-13(21)16(12)34(31,32)27-15(18(29)30)9-23-17(28)14-7-11(33-26-14)4-1-3-10-8-24-19(22)25-10/h2,5-6,8,11,14-15,26-27H,1,3-4,7,9H2,(H,23,28)(H,29,30)(H3,22,24,25). The summed E-state index contributed by atoms with van der Waals surface area (Å²) >= 11 is 11.8. The molecular formula is C19H24Cl2N6O6S. The number of carboxylic acid groups (broad SMARTS) is 1. The molecule has 0 aliphatic carbocycles. The summed E-state index contributed by atoms with van der Waals surface area (Å²) in [6.07, 6.45) is 3.98. The Morgan fingerprint density at radius 2 is 2.03 bits per heavy atom. The summed E-state index contributed by atoms with van der Waals surface area (Å²) < 4.78 is 27.3. The topological polar surface area (TPSA) is 189 Å². The van der Waals surface area contributed by atoms with Crippen LogP contribution in [-0.2, 0) is 30.9 Å². The molecule has 3 atom stereocenters. The van der Waals surface area contributed by atoms with E-state index in [9.17, 15) is 23.1 Å². The molecule has 0 spiro atoms. The first-order valence-corrected chi connectivity index (χ1v) is 12.5. The Morgan fingerprint density at radius 1 is 1.32 bits per heavy atom. The summed E-state index contributed by atoms with van der Waals surface area (Å²) in [5.74, 6) is -1.66. The van der Waals surface area contributed by atoms with Crippen LogP contribution in [0.3, 0.4) is 0 Å². The van der Waals surface area contributed by atoms with Gasteiger partial charge in [-0.2, -0.15) is 10.2 Å². The number of anilines is 1. The average molecular weight is 535 g/mol. The van der Waals surface area contributed by atoms with E-state index in [1.165, 1.54) is 18.2 Å². The summed E-state index contributed by atoms with van der Waals surface area (Å²) in [7, 11) is -4.37. The Bertz CT molecular complexity index is 1120. The van der Waals surface area contributed by atoms with Gasteiger partial charge in [-0.15, -0.1) is 0 Å². The van der Waals surface area contributed by atoms with Crippen LogP contribution in [0, 0.1) is 0 Å². The van der Waals surface area contributed by atoms with Gasteiger partial charge in [-0.1, -0.05) is 29.3 Å². The molecule has 1 amide bonds. The second-order valence-electron chi connectivity index (χ2n) is 7.64. The number of nitrogens with two attached hydrogens (primary N) is 1. The van der Waals surface area contributed by atoms with Crippen LogP contribution in [0.4, 0.5) is 5.95 Å². The van der Waals surface area contributed by atoms with Crippen molar-refractivity contribution in [3.63, 3.8) is 0 Å². The van der Waals surface area contributed by atoms with Gasteiger partial charge < -0.3 is 21.1 Å². The molecule has 7 N–H and O–H groups in total. The van der Waals surface area contributed by atoms with Gasteiger partial charge in [0.05, 0.1) is 22.3 Å². The summed E-state index contributed by atoms with van der Waals surface area (Å²) in [4.78, 5) is 35.9. The van der Waals surface area contributed by atoms with E-state index in [2.05, 4.69) is 20.8 Å². The predicted molar refractivity (Wildman–Crippen MR) is 124 cm³/mol. The monoisotopic (exact) mass is 534 g/mol. The number of hydroxylamine groups is 1. The molecule has 1 fully saturated rings. The lowest BCUT2D eigenvalue weighted by Gasteiger charge is -2.18. The van der Waals surface area contributed by atoms with Crippen molar-refractivity contribution in [1.29, 1.82) is 0 Å². The molecule has 1 aliphatic rings. The van der Waals surface area contributed by atoms with Gasteiger partial charge in [0, 0.05) is 18.7 Å². The number of sulfonamides is 1. The van der Waals surface area contributed by atoms with Crippen molar-refractivity contribution in [2.45, 2.75) is 48.8 Å². The number of aromatic nitrogens is 2. The van der Waals surface area contributed by atoms with Gasteiger partial charge in [0.1, 0.15) is 17.0 Å². The van der Waals surface area contributed by atoms with E-state index in [4.69, 9.17) is 33.8 Å². The molecular weight excluding hydrogens is 511 g/mol. The zero-order valence-electron chi connectivity index (χ0n) is 17.8. The van der Waals surface area contributed by atoms with Crippen LogP contribution in [0.15, 0.2) is 29.3 Å². The first-order valence-electron chi connectivity index (χ1n) is 10.2. The minimum Gasteiger partial charge on any atom is -0.480 e. The SMILES string of the molecule is Nc1ncc(CCCC2CC(C(=O)NCC(NS(=O)(=O)c3c(Cl)cccc3Cl)C(=O)O)NO2)[nH]1. The van der Waals surface area contributed by atoms with Crippen LogP contribution in [-0.4, -0.2) is 60.1 Å². The molecule has 12 nitrogen and oxygen atoms in total. The van der Waals surface area contributed by atoms with Crippen LogP contribution >= 0.6 is 23.2 Å². The molecule has 0 radical (unpaired) electrons. The Hall–Kier alpha value is -2.42. The first-order chi connectivity index (χ1) is 16.1. The van der Waals surface area contributed by atoms with Gasteiger partial charge in [-0.3, -0.25) is 14.4 Å². The zero-order chi connectivity index (χ0) is 24.9. The predicted octanol–water partition coefficient (Wildman–Crippen LogP) is 0.831. The Morgan fingerprint density at radius 3 is 2.65 bits per heavy atom. The number of amides is 1. The van der Waals surface area contributed by atoms with Crippen LogP contribution in [0.1, 0.15) is 25.0 Å². The second kappa shape index (κ2) is 11.3. The molecule has 15 heteroatoms. The quantitative estimate of drug-likeness (QED) is 0.242. The lowest BCUT2D eigenvalue weighted by atomic mass is 10.0. The number of H-pyrrole nitrogens is 1. The first kappa shape index (κ1) is 26.2. The number of hydrogen-bond donors (Lipinski definition) is 6. The Kier molecular flexibility index (Phi) is 8.73. The maximum absolute atomic E-state index is 12.6. The molecule has 0 bridgehead atoms. The highest BCUT2D eigenvalue weighted by Gasteiger charge is 2.33. The van der Waals surface area contributed by atoms with Gasteiger partial charge >= 0.3 is 5.97 Å². The van der Waals surface area contributed by atoms with Crippen molar-refractivity contribution >= 4 is 51.0 Å². The molecule has 3 unspecified atom stereocenters. The lowest BCUT2D eigenvalue weighted by molar-refractivity contribution is -0.139. The van der Waals surface area contributed by atoms with Crippen LogP contribution in [0.25, 0.3) is 0 Å². The van der Waals surface area contributed by atoms with Crippen molar-refractivity contribution in [2.75, 3.05) is 12.3 Å². The van der Waals surface area contributed by atoms with Gasteiger partial charge in [-0.05, 0) is 31.4 Å². The highest BCUT2D eigenvalue weighted by Crippen LogP contribution is 2.29. The van der Waals surface area contributed by atoms with Crippen LogP contribution < -0.4 is 21.3 Å². The average Bonchev–Trinajstić information content (AvgIpc) is 3.39. The maximum Gasteiger partial charge on any atom is 0.323 e. The van der Waals surface area contributed by atoms with Crippen molar-refractivity contribution in [1.82, 2.24) is 25.5 Å². The number of benzene rings is 1. The van der Waals surface area contributed by atoms with E-state index >= 15 is 0 Å². The molecule has 1 aromatic heterocycles. The summed E-state index contributed by atoms with van der Waals surface area (Å²) in [6.45, 7) is -0.500. The number of halogens is 2. The van der Waals surface area contributed by atoms with E-state index in [1.807, 2.05) is 4.72 Å². The highest BCUT2D eigenvalue weighted by molar-refractivity contribution is 7.89. The molecule has 2 aromatic rings. The molecule has 2 heterocycles. The molecule has 1 saturated heterocycles.